The molecule has 0 fully saturated rings. The van der Waals surface area contributed by atoms with Gasteiger partial charge in [-0.25, -0.2) is 4.79 Å². The third-order valence-electron chi connectivity index (χ3n) is 3.34. The molecule has 0 saturated carbocycles. The van der Waals surface area contributed by atoms with E-state index in [1.807, 2.05) is 38.2 Å². The van der Waals surface area contributed by atoms with Crippen molar-refractivity contribution in [1.29, 1.82) is 0 Å². The van der Waals surface area contributed by atoms with E-state index in [0.717, 1.165) is 5.69 Å². The molecule has 0 saturated heterocycles. The Morgan fingerprint density at radius 2 is 1.90 bits per heavy atom. The molecule has 0 aliphatic heterocycles. The summed E-state index contributed by atoms with van der Waals surface area (Å²) in [6, 6.07) is 7.83. The number of hydrogen-bond donors (Lipinski definition) is 3. The van der Waals surface area contributed by atoms with E-state index in [2.05, 4.69) is 17.6 Å². The zero-order chi connectivity index (χ0) is 16.0. The van der Waals surface area contributed by atoms with Crippen LogP contribution in [0.3, 0.4) is 0 Å². The minimum Gasteiger partial charge on any atom is -0.389 e. The van der Waals surface area contributed by atoms with Crippen LogP contribution in [-0.4, -0.2) is 41.8 Å². The molecule has 2 amide bonds. The fourth-order valence-electron chi connectivity index (χ4n) is 2.02. The van der Waals surface area contributed by atoms with Gasteiger partial charge in [0.1, 0.15) is 0 Å². The van der Waals surface area contributed by atoms with E-state index in [-0.39, 0.29) is 12.1 Å². The Labute approximate surface area is 127 Å². The number of likely N-dealkylation sites (N-methyl/N-ethyl adjacent to an activating group) is 1. The SMILES string of the molecule is CCN(CC(C)(C)O)C(=O)Nc1ccc(C(C)NC)cc1. The summed E-state index contributed by atoms with van der Waals surface area (Å²) in [5, 5.41) is 15.9. The molecule has 0 radical (unpaired) electrons. The lowest BCUT2D eigenvalue weighted by molar-refractivity contribution is 0.0501. The number of nitrogens with zero attached hydrogens (tertiary/aromatic N) is 1. The Balaban J connectivity index is 2.69. The van der Waals surface area contributed by atoms with Crippen molar-refractivity contribution in [2.75, 3.05) is 25.5 Å². The molecule has 1 aromatic carbocycles. The molecule has 1 aromatic rings. The van der Waals surface area contributed by atoms with Gasteiger partial charge >= 0.3 is 6.03 Å². The van der Waals surface area contributed by atoms with Crippen molar-refractivity contribution in [3.05, 3.63) is 29.8 Å². The zero-order valence-corrected chi connectivity index (χ0v) is 13.6. The summed E-state index contributed by atoms with van der Waals surface area (Å²) in [7, 11) is 1.91. The Bertz CT molecular complexity index is 452. The lowest BCUT2D eigenvalue weighted by atomic mass is 10.1. The van der Waals surface area contributed by atoms with Crippen molar-refractivity contribution >= 4 is 11.7 Å². The van der Waals surface area contributed by atoms with Crippen LogP contribution >= 0.6 is 0 Å². The summed E-state index contributed by atoms with van der Waals surface area (Å²) < 4.78 is 0. The van der Waals surface area contributed by atoms with Crippen molar-refractivity contribution < 1.29 is 9.90 Å². The second-order valence-electron chi connectivity index (χ2n) is 5.89. The lowest BCUT2D eigenvalue weighted by Gasteiger charge is -2.28. The van der Waals surface area contributed by atoms with Gasteiger partial charge < -0.3 is 20.6 Å². The fraction of sp³-hybridized carbons (Fsp3) is 0.562. The van der Waals surface area contributed by atoms with Crippen molar-refractivity contribution in [1.82, 2.24) is 10.2 Å². The third-order valence-corrected chi connectivity index (χ3v) is 3.34. The number of carbonyl (C=O) groups is 1. The van der Waals surface area contributed by atoms with Gasteiger partial charge in [0.15, 0.2) is 0 Å². The summed E-state index contributed by atoms with van der Waals surface area (Å²) in [4.78, 5) is 13.8. The van der Waals surface area contributed by atoms with E-state index in [0.29, 0.717) is 13.1 Å². The van der Waals surface area contributed by atoms with E-state index >= 15 is 0 Å². The molecule has 1 unspecified atom stereocenters. The zero-order valence-electron chi connectivity index (χ0n) is 13.6. The monoisotopic (exact) mass is 293 g/mol. The molecule has 3 N–H and O–H groups in total. The molecule has 0 aliphatic carbocycles. The van der Waals surface area contributed by atoms with Gasteiger partial charge in [0.25, 0.3) is 0 Å². The molecule has 118 valence electrons. The predicted molar refractivity (Wildman–Crippen MR) is 86.5 cm³/mol. The minimum atomic E-state index is -0.903. The first kappa shape index (κ1) is 17.5. The minimum absolute atomic E-state index is 0.200. The normalized spacial score (nSPS) is 12.9. The fourth-order valence-corrected chi connectivity index (χ4v) is 2.02. The highest BCUT2D eigenvalue weighted by Gasteiger charge is 2.21. The van der Waals surface area contributed by atoms with Gasteiger partial charge in [0.2, 0.25) is 0 Å². The molecule has 1 rings (SSSR count). The molecule has 0 aromatic heterocycles. The molecule has 5 nitrogen and oxygen atoms in total. The second kappa shape index (κ2) is 7.43. The summed E-state index contributed by atoms with van der Waals surface area (Å²) in [6.07, 6.45) is 0. The van der Waals surface area contributed by atoms with E-state index in [9.17, 15) is 9.90 Å². The Morgan fingerprint density at radius 3 is 2.33 bits per heavy atom. The smallest absolute Gasteiger partial charge is 0.321 e. The third kappa shape index (κ3) is 5.73. The highest BCUT2D eigenvalue weighted by atomic mass is 16.3. The Kier molecular flexibility index (Phi) is 6.18. The summed E-state index contributed by atoms with van der Waals surface area (Å²) in [5.41, 5.74) is 1.01. The number of carbonyl (C=O) groups excluding carboxylic acids is 1. The van der Waals surface area contributed by atoms with Crippen LogP contribution in [0, 0.1) is 0 Å². The van der Waals surface area contributed by atoms with Crippen molar-refractivity contribution in [2.45, 2.75) is 39.3 Å². The Morgan fingerprint density at radius 1 is 1.33 bits per heavy atom. The van der Waals surface area contributed by atoms with Gasteiger partial charge in [-0.05, 0) is 52.4 Å². The van der Waals surface area contributed by atoms with E-state index in [1.165, 1.54) is 5.56 Å². The summed E-state index contributed by atoms with van der Waals surface area (Å²) in [5.74, 6) is 0. The first-order chi connectivity index (χ1) is 9.76. The molecule has 0 bridgehead atoms. The van der Waals surface area contributed by atoms with Crippen molar-refractivity contribution in [3.8, 4) is 0 Å². The number of urea groups is 1. The first-order valence-electron chi connectivity index (χ1n) is 7.32. The molecule has 0 aliphatic rings. The Hall–Kier alpha value is -1.59. The molecular weight excluding hydrogens is 266 g/mol. The van der Waals surface area contributed by atoms with Crippen LogP contribution in [-0.2, 0) is 0 Å². The maximum Gasteiger partial charge on any atom is 0.321 e. The van der Waals surface area contributed by atoms with Crippen LogP contribution in [0.2, 0.25) is 0 Å². The lowest BCUT2D eigenvalue weighted by Crippen LogP contribution is -2.44. The topological polar surface area (TPSA) is 64.6 Å². The number of anilines is 1. The molecule has 1 atom stereocenters. The highest BCUT2D eigenvalue weighted by molar-refractivity contribution is 5.89. The van der Waals surface area contributed by atoms with Gasteiger partial charge in [-0.2, -0.15) is 0 Å². The average molecular weight is 293 g/mol. The quantitative estimate of drug-likeness (QED) is 0.755. The number of nitrogens with one attached hydrogen (secondary N) is 2. The highest BCUT2D eigenvalue weighted by Crippen LogP contribution is 2.16. The van der Waals surface area contributed by atoms with E-state index in [1.54, 1.807) is 18.7 Å². The summed E-state index contributed by atoms with van der Waals surface area (Å²) >= 11 is 0. The molecule has 0 heterocycles. The van der Waals surface area contributed by atoms with Crippen LogP contribution in [0.15, 0.2) is 24.3 Å². The maximum absolute atomic E-state index is 12.2. The number of rotatable bonds is 6. The number of benzene rings is 1. The van der Waals surface area contributed by atoms with Crippen molar-refractivity contribution in [3.63, 3.8) is 0 Å². The van der Waals surface area contributed by atoms with E-state index < -0.39 is 5.60 Å². The van der Waals surface area contributed by atoms with Gasteiger partial charge in [0, 0.05) is 18.3 Å². The van der Waals surface area contributed by atoms with Crippen LogP contribution in [0.5, 0.6) is 0 Å². The van der Waals surface area contributed by atoms with Crippen molar-refractivity contribution in [2.24, 2.45) is 0 Å². The van der Waals surface area contributed by atoms with Crippen LogP contribution in [0.1, 0.15) is 39.3 Å². The van der Waals surface area contributed by atoms with Gasteiger partial charge in [0.05, 0.1) is 12.1 Å². The maximum atomic E-state index is 12.2. The van der Waals surface area contributed by atoms with Gasteiger partial charge in [-0.15, -0.1) is 0 Å². The first-order valence-corrected chi connectivity index (χ1v) is 7.32. The molecule has 0 spiro atoms. The average Bonchev–Trinajstić information content (AvgIpc) is 2.43. The number of hydrogen-bond acceptors (Lipinski definition) is 3. The van der Waals surface area contributed by atoms with Crippen LogP contribution in [0.4, 0.5) is 10.5 Å². The predicted octanol–water partition coefficient (Wildman–Crippen LogP) is 2.59. The second-order valence-corrected chi connectivity index (χ2v) is 5.89. The molecule has 5 heteroatoms. The molecular formula is C16H27N3O2. The van der Waals surface area contributed by atoms with Crippen LogP contribution in [0.25, 0.3) is 0 Å². The van der Waals surface area contributed by atoms with Gasteiger partial charge in [-0.1, -0.05) is 12.1 Å². The van der Waals surface area contributed by atoms with E-state index in [4.69, 9.17) is 0 Å². The standard InChI is InChI=1S/C16H27N3O2/c1-6-19(11-16(3,4)21)15(20)18-14-9-7-13(8-10-14)12(2)17-5/h7-10,12,17,21H,6,11H2,1-5H3,(H,18,20). The van der Waals surface area contributed by atoms with Crippen LogP contribution < -0.4 is 10.6 Å². The van der Waals surface area contributed by atoms with Gasteiger partial charge in [-0.3, -0.25) is 0 Å². The number of aliphatic hydroxyl groups is 1. The molecule has 21 heavy (non-hydrogen) atoms. The summed E-state index contributed by atoms with van der Waals surface area (Å²) in [6.45, 7) is 8.20. The largest absolute Gasteiger partial charge is 0.389 e. The number of amides is 2.